The Kier molecular flexibility index (Phi) is 10.4. The summed E-state index contributed by atoms with van der Waals surface area (Å²) in [6.07, 6.45) is -20.1. The lowest BCUT2D eigenvalue weighted by molar-refractivity contribution is -0.144. The fraction of sp³-hybridized carbons (Fsp3) is 0.120. The monoisotopic (exact) mass is 916 g/mol. The fourth-order valence-electron chi connectivity index (χ4n) is 8.08. The van der Waals surface area contributed by atoms with Crippen LogP contribution in [0.5, 0.6) is 0 Å². The van der Waals surface area contributed by atoms with Crippen molar-refractivity contribution in [3.8, 4) is 66.8 Å². The van der Waals surface area contributed by atoms with Crippen LogP contribution in [-0.2, 0) is 24.7 Å². The van der Waals surface area contributed by atoms with Crippen LogP contribution >= 0.6 is 0 Å². The number of hydrogen-bond donors (Lipinski definition) is 0. The van der Waals surface area contributed by atoms with Crippen LogP contribution in [0, 0.1) is 13.8 Å². The van der Waals surface area contributed by atoms with Crippen LogP contribution in [0.1, 0.15) is 34.0 Å². The van der Waals surface area contributed by atoms with Gasteiger partial charge in [0.05, 0.1) is 33.4 Å². The van der Waals surface area contributed by atoms with Gasteiger partial charge in [0.2, 0.25) is 0 Å². The van der Waals surface area contributed by atoms with Crippen molar-refractivity contribution in [1.82, 2.24) is 9.97 Å². The molecule has 0 spiro atoms. The summed E-state index contributed by atoms with van der Waals surface area (Å²) in [5.74, 6) is 0.526. The van der Waals surface area contributed by atoms with Crippen LogP contribution in [0.15, 0.2) is 142 Å². The van der Waals surface area contributed by atoms with Gasteiger partial charge >= 0.3 is 24.7 Å². The van der Waals surface area contributed by atoms with Crippen molar-refractivity contribution in [2.75, 3.05) is 0 Å². The first-order valence-corrected chi connectivity index (χ1v) is 19.7. The Morgan fingerprint density at radius 2 is 0.606 bits per heavy atom. The average Bonchev–Trinajstić information content (AvgIpc) is 3.85. The summed E-state index contributed by atoms with van der Waals surface area (Å²) in [6, 6.07) is 29.0. The zero-order chi connectivity index (χ0) is 47.1. The van der Waals surface area contributed by atoms with Crippen molar-refractivity contribution in [2.24, 2.45) is 0 Å². The van der Waals surface area contributed by atoms with Gasteiger partial charge in [-0.1, -0.05) is 97.1 Å². The van der Waals surface area contributed by atoms with Crippen LogP contribution in [0.2, 0.25) is 0 Å². The number of benzene rings is 7. The predicted molar refractivity (Wildman–Crippen MR) is 224 cm³/mol. The van der Waals surface area contributed by atoms with Gasteiger partial charge in [-0.2, -0.15) is 52.7 Å². The molecule has 9 rings (SSSR count). The smallest absolute Gasteiger partial charge is 0.416 e. The third kappa shape index (κ3) is 8.15. The molecule has 0 atom stereocenters. The molecule has 7 aromatic carbocycles. The van der Waals surface area contributed by atoms with Gasteiger partial charge in [-0.15, -0.1) is 0 Å². The third-order valence-electron chi connectivity index (χ3n) is 11.0. The molecule has 0 radical (unpaired) electrons. The number of oxazole rings is 2. The molecule has 0 fully saturated rings. The molecule has 0 saturated heterocycles. The number of halogens is 12. The highest BCUT2D eigenvalue weighted by atomic mass is 19.4. The lowest BCUT2D eigenvalue weighted by Crippen LogP contribution is -2.11. The van der Waals surface area contributed by atoms with E-state index >= 15 is 0 Å². The molecule has 16 heteroatoms. The van der Waals surface area contributed by atoms with Gasteiger partial charge in [-0.3, -0.25) is 0 Å². The number of alkyl halides is 12. The molecule has 0 saturated carbocycles. The van der Waals surface area contributed by atoms with Gasteiger partial charge in [0.1, 0.15) is 11.0 Å². The van der Waals surface area contributed by atoms with Crippen LogP contribution in [0.25, 0.3) is 89.0 Å². The zero-order valence-electron chi connectivity index (χ0n) is 33.9. The van der Waals surface area contributed by atoms with Gasteiger partial charge in [-0.25, -0.2) is 9.97 Å². The molecule has 334 valence electrons. The lowest BCUT2D eigenvalue weighted by atomic mass is 9.88. The Balaban J connectivity index is 1.16. The van der Waals surface area contributed by atoms with Crippen molar-refractivity contribution in [3.63, 3.8) is 0 Å². The van der Waals surface area contributed by atoms with E-state index in [1.165, 1.54) is 24.3 Å². The van der Waals surface area contributed by atoms with Crippen LogP contribution < -0.4 is 0 Å². The van der Waals surface area contributed by atoms with Gasteiger partial charge in [-0.05, 0) is 92.0 Å². The molecule has 0 amide bonds. The van der Waals surface area contributed by atoms with E-state index in [1.54, 1.807) is 86.6 Å². The van der Waals surface area contributed by atoms with Gasteiger partial charge in [0.15, 0.2) is 22.9 Å². The molecule has 4 nitrogen and oxygen atoms in total. The molecule has 66 heavy (non-hydrogen) atoms. The summed E-state index contributed by atoms with van der Waals surface area (Å²) in [4.78, 5) is 9.55. The molecule has 0 aliphatic heterocycles. The molecule has 9 aromatic rings. The van der Waals surface area contributed by atoms with Crippen LogP contribution in [-0.4, -0.2) is 9.97 Å². The minimum Gasteiger partial charge on any atom is -0.440 e. The highest BCUT2D eigenvalue weighted by Gasteiger charge is 2.38. The number of hydrogen-bond acceptors (Lipinski definition) is 4. The quantitative estimate of drug-likeness (QED) is 0.156. The second kappa shape index (κ2) is 15.7. The van der Waals surface area contributed by atoms with E-state index in [9.17, 15) is 52.7 Å². The van der Waals surface area contributed by atoms with E-state index in [4.69, 9.17) is 18.8 Å². The Morgan fingerprint density at radius 3 is 0.894 bits per heavy atom. The minimum absolute atomic E-state index is 0.0708. The third-order valence-corrected chi connectivity index (χ3v) is 11.0. The predicted octanol–water partition coefficient (Wildman–Crippen LogP) is 16.7. The first-order valence-electron chi connectivity index (χ1n) is 19.7. The topological polar surface area (TPSA) is 52.1 Å². The molecule has 2 heterocycles. The van der Waals surface area contributed by atoms with Crippen LogP contribution in [0.4, 0.5) is 52.7 Å². The number of aryl methyl sites for hydroxylation is 2. The normalized spacial score (nSPS) is 12.7. The summed E-state index contributed by atoms with van der Waals surface area (Å²) in [6.45, 7) is 3.28. The minimum atomic E-state index is -5.03. The maximum absolute atomic E-state index is 13.7. The molecule has 0 N–H and O–H groups in total. The molecule has 0 bridgehead atoms. The first kappa shape index (κ1) is 43.9. The largest absolute Gasteiger partial charge is 0.440 e. The van der Waals surface area contributed by atoms with Crippen molar-refractivity contribution >= 4 is 22.2 Å². The maximum atomic E-state index is 13.7. The number of nitrogens with zero attached hydrogens (tertiary/aromatic N) is 2. The zero-order valence-corrected chi connectivity index (χ0v) is 33.9. The van der Waals surface area contributed by atoms with Crippen molar-refractivity contribution < 1.29 is 61.5 Å². The summed E-state index contributed by atoms with van der Waals surface area (Å²) < 4.78 is 177. The number of fused-ring (bicyclic) bond motifs is 2. The van der Waals surface area contributed by atoms with Gasteiger partial charge in [0, 0.05) is 13.8 Å². The Labute approximate surface area is 365 Å². The molecule has 0 unspecified atom stereocenters. The molecular weight excluding hydrogens is 889 g/mol. The van der Waals surface area contributed by atoms with E-state index in [-0.39, 0.29) is 46.2 Å². The number of rotatable bonds is 6. The van der Waals surface area contributed by atoms with Crippen molar-refractivity contribution in [1.29, 1.82) is 0 Å². The molecule has 0 aliphatic carbocycles. The summed E-state index contributed by atoms with van der Waals surface area (Å²) in [7, 11) is 0. The first-order chi connectivity index (χ1) is 31.0. The van der Waals surface area contributed by atoms with Gasteiger partial charge in [0.25, 0.3) is 0 Å². The second-order valence-electron chi connectivity index (χ2n) is 15.4. The lowest BCUT2D eigenvalue weighted by Gasteiger charge is -2.16. The van der Waals surface area contributed by atoms with E-state index < -0.39 is 47.0 Å². The molecular formula is C50H28F12N2O2. The van der Waals surface area contributed by atoms with Crippen LogP contribution in [0.3, 0.4) is 0 Å². The summed E-state index contributed by atoms with van der Waals surface area (Å²) in [5.41, 5.74) is -0.431. The van der Waals surface area contributed by atoms with Gasteiger partial charge < -0.3 is 8.83 Å². The van der Waals surface area contributed by atoms with E-state index in [0.717, 1.165) is 0 Å². The summed E-state index contributed by atoms with van der Waals surface area (Å²) in [5, 5.41) is 0. The Morgan fingerprint density at radius 1 is 0.333 bits per heavy atom. The fourth-order valence-corrected chi connectivity index (χ4v) is 8.08. The van der Waals surface area contributed by atoms with E-state index in [2.05, 4.69) is 0 Å². The SMILES string of the molecule is Cc1nc2c(-c3ccccc3-c3ccc(-c4cc(C(F)(F)F)cc(C(F)(F)F)c4)cc3)c3oc(C)nc3c(-c3ccccc3-c3ccc(-c4cc(C(F)(F)F)cc(C(F)(F)F)c4)cc3)c2o1. The second-order valence-corrected chi connectivity index (χ2v) is 15.4. The Hall–Kier alpha value is -7.36. The molecule has 2 aromatic heterocycles. The van der Waals surface area contributed by atoms with Crippen molar-refractivity contribution in [2.45, 2.75) is 38.6 Å². The highest BCUT2D eigenvalue weighted by molar-refractivity contribution is 6.18. The van der Waals surface area contributed by atoms with E-state index in [1.807, 2.05) is 0 Å². The number of aromatic nitrogens is 2. The Bertz CT molecular complexity index is 2980. The average molecular weight is 917 g/mol. The van der Waals surface area contributed by atoms with Crippen molar-refractivity contribution in [3.05, 3.63) is 167 Å². The van der Waals surface area contributed by atoms with E-state index in [0.29, 0.717) is 91.0 Å². The molecule has 0 aliphatic rings. The maximum Gasteiger partial charge on any atom is 0.416 e. The standard InChI is InChI=1S/C50H28F12N2O2/c1-25-63-43-41(39-9-5-3-7-37(39)29-15-11-27(12-16-29)31-19-33(47(51,52)53)23-34(20-31)48(54,55)56)46-44(64-26(2)66-46)42(45(43)65-25)40-10-6-4-8-38(40)30-17-13-28(14-18-30)32-21-35(49(57,58)59)24-36(22-32)50(60,61)62/h3-24H,1-2H3. The summed E-state index contributed by atoms with van der Waals surface area (Å²) >= 11 is 0. The highest BCUT2D eigenvalue weighted by Crippen LogP contribution is 2.49.